The van der Waals surface area contributed by atoms with Crippen molar-refractivity contribution in [2.24, 2.45) is 0 Å². The highest BCUT2D eigenvalue weighted by Gasteiger charge is 2.37. The van der Waals surface area contributed by atoms with Gasteiger partial charge in [0.15, 0.2) is 0 Å². The molecule has 1 aliphatic carbocycles. The average Bonchev–Trinajstić information content (AvgIpc) is 2.42. The van der Waals surface area contributed by atoms with Gasteiger partial charge in [-0.1, -0.05) is 22.0 Å². The highest BCUT2D eigenvalue weighted by atomic mass is 79.9. The molecule has 1 aromatic heterocycles. The van der Waals surface area contributed by atoms with Gasteiger partial charge in [0.25, 0.3) is 5.91 Å². The number of aromatic nitrogens is 1. The zero-order valence-corrected chi connectivity index (χ0v) is 12.1. The molecule has 1 saturated carbocycles. The summed E-state index contributed by atoms with van der Waals surface area (Å²) < 4.78 is 0. The van der Waals surface area contributed by atoms with Crippen molar-refractivity contribution in [2.75, 3.05) is 5.33 Å². The zero-order valence-electron chi connectivity index (χ0n) is 10.5. The fourth-order valence-corrected chi connectivity index (χ4v) is 3.13. The van der Waals surface area contributed by atoms with Crippen LogP contribution in [0.25, 0.3) is 10.9 Å². The van der Waals surface area contributed by atoms with Crippen LogP contribution in [0, 0.1) is 0 Å². The lowest BCUT2D eigenvalue weighted by atomic mass is 9.78. The highest BCUT2D eigenvalue weighted by Crippen LogP contribution is 2.33. The molecule has 0 bridgehead atoms. The number of amides is 1. The van der Waals surface area contributed by atoms with Crippen LogP contribution in [0.3, 0.4) is 0 Å². The van der Waals surface area contributed by atoms with Gasteiger partial charge in [-0.15, -0.1) is 0 Å². The fraction of sp³-hybridized carbons (Fsp3) is 0.333. The predicted molar refractivity (Wildman–Crippen MR) is 79.6 cm³/mol. The number of hydrogen-bond donors (Lipinski definition) is 1. The first-order valence-corrected chi connectivity index (χ1v) is 7.58. The molecule has 0 aliphatic heterocycles. The molecule has 1 aromatic carbocycles. The van der Waals surface area contributed by atoms with Crippen LogP contribution in [0.2, 0.25) is 0 Å². The van der Waals surface area contributed by atoms with Crippen molar-refractivity contribution < 1.29 is 4.79 Å². The minimum Gasteiger partial charge on any atom is -0.346 e. The number of benzene rings is 1. The van der Waals surface area contributed by atoms with Gasteiger partial charge >= 0.3 is 0 Å². The monoisotopic (exact) mass is 318 g/mol. The van der Waals surface area contributed by atoms with Crippen molar-refractivity contribution in [1.29, 1.82) is 0 Å². The lowest BCUT2D eigenvalue weighted by Gasteiger charge is -2.41. The molecule has 1 fully saturated rings. The third-order valence-electron chi connectivity index (χ3n) is 3.81. The zero-order chi connectivity index (χ0) is 13.3. The van der Waals surface area contributed by atoms with E-state index in [1.54, 1.807) is 6.20 Å². The normalized spacial score (nSPS) is 16.9. The van der Waals surface area contributed by atoms with Crippen LogP contribution in [0.1, 0.15) is 29.6 Å². The van der Waals surface area contributed by atoms with Crippen molar-refractivity contribution in [1.82, 2.24) is 10.3 Å². The van der Waals surface area contributed by atoms with Gasteiger partial charge in [0.1, 0.15) is 0 Å². The SMILES string of the molecule is O=C(NC1(CBr)CCC1)c1ccc2ncccc2c1. The molecule has 1 aliphatic rings. The van der Waals surface area contributed by atoms with E-state index < -0.39 is 0 Å². The van der Waals surface area contributed by atoms with Gasteiger partial charge in [-0.05, 0) is 43.5 Å². The summed E-state index contributed by atoms with van der Waals surface area (Å²) in [6.45, 7) is 0. The number of hydrogen-bond acceptors (Lipinski definition) is 2. The second-order valence-corrected chi connectivity index (χ2v) is 5.69. The number of nitrogens with zero attached hydrogens (tertiary/aromatic N) is 1. The maximum Gasteiger partial charge on any atom is 0.251 e. The van der Waals surface area contributed by atoms with Crippen LogP contribution in [-0.2, 0) is 0 Å². The summed E-state index contributed by atoms with van der Waals surface area (Å²) in [5.41, 5.74) is 1.58. The molecular formula is C15H15BrN2O. The summed E-state index contributed by atoms with van der Waals surface area (Å²) in [5.74, 6) is 0.00454. The van der Waals surface area contributed by atoms with E-state index in [4.69, 9.17) is 0 Å². The Labute approximate surface area is 120 Å². The van der Waals surface area contributed by atoms with Crippen molar-refractivity contribution in [2.45, 2.75) is 24.8 Å². The standard InChI is InChI=1S/C15H15BrN2O/c16-10-15(6-2-7-15)18-14(19)12-4-5-13-11(9-12)3-1-8-17-13/h1,3-5,8-9H,2,6-7,10H2,(H,18,19). The summed E-state index contributed by atoms with van der Waals surface area (Å²) in [4.78, 5) is 16.6. The quantitative estimate of drug-likeness (QED) is 0.882. The predicted octanol–water partition coefficient (Wildman–Crippen LogP) is 3.28. The second-order valence-electron chi connectivity index (χ2n) is 5.13. The molecule has 0 radical (unpaired) electrons. The van der Waals surface area contributed by atoms with E-state index >= 15 is 0 Å². The maximum absolute atomic E-state index is 12.3. The van der Waals surface area contributed by atoms with Gasteiger partial charge < -0.3 is 5.32 Å². The summed E-state index contributed by atoms with van der Waals surface area (Å²) >= 11 is 3.50. The van der Waals surface area contributed by atoms with Crippen molar-refractivity contribution >= 4 is 32.7 Å². The third kappa shape index (κ3) is 2.37. The van der Waals surface area contributed by atoms with Crippen molar-refractivity contribution in [3.8, 4) is 0 Å². The first kappa shape index (κ1) is 12.6. The van der Waals surface area contributed by atoms with Gasteiger partial charge in [-0.3, -0.25) is 9.78 Å². The van der Waals surface area contributed by atoms with Gasteiger partial charge in [0.2, 0.25) is 0 Å². The molecule has 19 heavy (non-hydrogen) atoms. The molecule has 98 valence electrons. The Morgan fingerprint density at radius 2 is 2.21 bits per heavy atom. The summed E-state index contributed by atoms with van der Waals surface area (Å²) in [5, 5.41) is 4.97. The van der Waals surface area contributed by atoms with Crippen LogP contribution in [0.4, 0.5) is 0 Å². The summed E-state index contributed by atoms with van der Waals surface area (Å²) in [6, 6.07) is 9.49. The number of rotatable bonds is 3. The maximum atomic E-state index is 12.3. The van der Waals surface area contributed by atoms with Gasteiger partial charge in [0, 0.05) is 22.5 Å². The Hall–Kier alpha value is -1.42. The molecule has 0 unspecified atom stereocenters. The average molecular weight is 319 g/mol. The van der Waals surface area contributed by atoms with E-state index in [9.17, 15) is 4.79 Å². The summed E-state index contributed by atoms with van der Waals surface area (Å²) in [7, 11) is 0. The van der Waals surface area contributed by atoms with Crippen molar-refractivity contribution in [3.63, 3.8) is 0 Å². The molecule has 2 aromatic rings. The molecule has 3 rings (SSSR count). The number of carbonyl (C=O) groups is 1. The molecule has 1 amide bonds. The number of alkyl halides is 1. The van der Waals surface area contributed by atoms with E-state index in [1.807, 2.05) is 30.3 Å². The Morgan fingerprint density at radius 3 is 2.89 bits per heavy atom. The Balaban J connectivity index is 1.85. The largest absolute Gasteiger partial charge is 0.346 e. The molecular weight excluding hydrogens is 304 g/mol. The van der Waals surface area contributed by atoms with Gasteiger partial charge in [-0.25, -0.2) is 0 Å². The fourth-order valence-electron chi connectivity index (χ4n) is 2.43. The van der Waals surface area contributed by atoms with E-state index in [0.717, 1.165) is 29.1 Å². The van der Waals surface area contributed by atoms with Crippen molar-refractivity contribution in [3.05, 3.63) is 42.1 Å². The third-order valence-corrected chi connectivity index (χ3v) is 4.88. The first-order chi connectivity index (χ1) is 9.22. The molecule has 3 nitrogen and oxygen atoms in total. The molecule has 4 heteroatoms. The van der Waals surface area contributed by atoms with E-state index in [1.165, 1.54) is 6.42 Å². The Bertz CT molecular complexity index is 617. The number of fused-ring (bicyclic) bond motifs is 1. The number of nitrogens with one attached hydrogen (secondary N) is 1. The molecule has 0 saturated heterocycles. The second kappa shape index (κ2) is 4.93. The molecule has 1 heterocycles. The molecule has 1 N–H and O–H groups in total. The lowest BCUT2D eigenvalue weighted by Crippen LogP contribution is -2.54. The molecule has 0 spiro atoms. The van der Waals surface area contributed by atoms with Crippen LogP contribution in [-0.4, -0.2) is 21.8 Å². The van der Waals surface area contributed by atoms with Gasteiger partial charge in [0.05, 0.1) is 11.1 Å². The van der Waals surface area contributed by atoms with Gasteiger partial charge in [-0.2, -0.15) is 0 Å². The van der Waals surface area contributed by atoms with E-state index in [2.05, 4.69) is 26.2 Å². The summed E-state index contributed by atoms with van der Waals surface area (Å²) in [6.07, 6.45) is 5.06. The number of carbonyl (C=O) groups excluding carboxylic acids is 1. The van der Waals surface area contributed by atoms with Crippen LogP contribution in [0.5, 0.6) is 0 Å². The smallest absolute Gasteiger partial charge is 0.251 e. The minimum absolute atomic E-state index is 0.00454. The van der Waals surface area contributed by atoms with Crippen LogP contribution in [0.15, 0.2) is 36.5 Å². The first-order valence-electron chi connectivity index (χ1n) is 6.46. The Morgan fingerprint density at radius 1 is 1.37 bits per heavy atom. The van der Waals surface area contributed by atoms with Crippen LogP contribution < -0.4 is 5.32 Å². The topological polar surface area (TPSA) is 42.0 Å². The number of halogens is 1. The highest BCUT2D eigenvalue weighted by molar-refractivity contribution is 9.09. The number of pyridine rings is 1. The molecule has 0 atom stereocenters. The minimum atomic E-state index is -0.0407. The van der Waals surface area contributed by atoms with Crippen LogP contribution >= 0.6 is 15.9 Å². The Kier molecular flexibility index (Phi) is 3.27. The van der Waals surface area contributed by atoms with E-state index in [-0.39, 0.29) is 11.4 Å². The lowest BCUT2D eigenvalue weighted by molar-refractivity contribution is 0.0856. The van der Waals surface area contributed by atoms with E-state index in [0.29, 0.717) is 5.56 Å².